The molecule has 0 unspecified atom stereocenters. The second-order valence-electron chi connectivity index (χ2n) is 2.89. The molecule has 0 amide bonds. The van der Waals surface area contributed by atoms with Crippen LogP contribution in [0.15, 0.2) is 24.3 Å². The largest absolute Gasteiger partial charge is 0.485 e. The van der Waals surface area contributed by atoms with Crippen LogP contribution in [0.1, 0.15) is 0 Å². The molecule has 14 heavy (non-hydrogen) atoms. The lowest BCUT2D eigenvalue weighted by Gasteiger charge is -2.24. The van der Waals surface area contributed by atoms with Crippen molar-refractivity contribution in [2.24, 2.45) is 0 Å². The Morgan fingerprint density at radius 1 is 1.43 bits per heavy atom. The summed E-state index contributed by atoms with van der Waals surface area (Å²) in [5.74, 6) is 0.821. The minimum absolute atomic E-state index is 0.198. The van der Waals surface area contributed by atoms with E-state index < -0.39 is 12.1 Å². The lowest BCUT2D eigenvalue weighted by molar-refractivity contribution is -0.151. The topological polar surface area (TPSA) is 44.8 Å². The Kier molecular flexibility index (Phi) is 2.26. The van der Waals surface area contributed by atoms with Crippen molar-refractivity contribution in [3.05, 3.63) is 24.3 Å². The van der Waals surface area contributed by atoms with Crippen molar-refractivity contribution < 1.29 is 19.0 Å². The maximum Gasteiger partial charge on any atom is 0.350 e. The maximum absolute atomic E-state index is 11.1. The number of methoxy groups -OCH3 is 1. The third-order valence-corrected chi connectivity index (χ3v) is 1.97. The molecule has 0 N–H and O–H groups in total. The van der Waals surface area contributed by atoms with Crippen molar-refractivity contribution in [3.8, 4) is 11.5 Å². The van der Waals surface area contributed by atoms with Gasteiger partial charge in [0.2, 0.25) is 6.10 Å². The second kappa shape index (κ2) is 3.57. The fraction of sp³-hybridized carbons (Fsp3) is 0.300. The zero-order chi connectivity index (χ0) is 9.97. The predicted octanol–water partition coefficient (Wildman–Crippen LogP) is 0.999. The SMILES string of the molecule is COC(=O)[C@@H]1COc2ccccc2O1. The Balaban J connectivity index is 2.17. The molecule has 0 fully saturated rings. The molecule has 4 heteroatoms. The molecule has 0 aromatic heterocycles. The molecule has 2 rings (SSSR count). The van der Waals surface area contributed by atoms with Gasteiger partial charge in [-0.1, -0.05) is 12.1 Å². The average molecular weight is 194 g/mol. The number of para-hydroxylation sites is 2. The molecule has 4 nitrogen and oxygen atoms in total. The van der Waals surface area contributed by atoms with Crippen molar-refractivity contribution in [2.75, 3.05) is 13.7 Å². The summed E-state index contributed by atoms with van der Waals surface area (Å²) in [7, 11) is 1.33. The van der Waals surface area contributed by atoms with E-state index in [1.54, 1.807) is 12.1 Å². The number of carbonyl (C=O) groups is 1. The Morgan fingerprint density at radius 2 is 2.14 bits per heavy atom. The summed E-state index contributed by atoms with van der Waals surface area (Å²) in [6.45, 7) is 0.198. The fourth-order valence-electron chi connectivity index (χ4n) is 1.27. The van der Waals surface area contributed by atoms with Crippen LogP contribution >= 0.6 is 0 Å². The highest BCUT2D eigenvalue weighted by Gasteiger charge is 2.27. The van der Waals surface area contributed by atoms with Crippen LogP contribution in [0.5, 0.6) is 11.5 Å². The maximum atomic E-state index is 11.1. The Hall–Kier alpha value is -1.71. The molecule has 1 aliphatic heterocycles. The molecular weight excluding hydrogens is 184 g/mol. The molecule has 0 bridgehead atoms. The Bertz CT molecular complexity index is 348. The van der Waals surface area contributed by atoms with Crippen LogP contribution in [-0.4, -0.2) is 25.8 Å². The molecule has 0 radical (unpaired) electrons. The van der Waals surface area contributed by atoms with E-state index in [1.165, 1.54) is 7.11 Å². The highest BCUT2D eigenvalue weighted by Crippen LogP contribution is 2.30. The minimum atomic E-state index is -0.658. The fourth-order valence-corrected chi connectivity index (χ4v) is 1.27. The third-order valence-electron chi connectivity index (χ3n) is 1.97. The number of ether oxygens (including phenoxy) is 3. The smallest absolute Gasteiger partial charge is 0.350 e. The first-order valence-corrected chi connectivity index (χ1v) is 4.27. The number of hydrogen-bond acceptors (Lipinski definition) is 4. The lowest BCUT2D eigenvalue weighted by atomic mass is 10.2. The molecule has 0 saturated heterocycles. The molecule has 1 aromatic rings. The van der Waals surface area contributed by atoms with Crippen LogP contribution in [0.25, 0.3) is 0 Å². The second-order valence-corrected chi connectivity index (χ2v) is 2.89. The van der Waals surface area contributed by atoms with Crippen LogP contribution in [0.4, 0.5) is 0 Å². The first-order valence-electron chi connectivity index (χ1n) is 4.27. The molecule has 1 aromatic carbocycles. The Morgan fingerprint density at radius 3 is 2.86 bits per heavy atom. The summed E-state index contributed by atoms with van der Waals surface area (Å²) >= 11 is 0. The number of esters is 1. The van der Waals surface area contributed by atoms with Gasteiger partial charge in [0.05, 0.1) is 7.11 Å². The van der Waals surface area contributed by atoms with Crippen LogP contribution in [0.3, 0.4) is 0 Å². The third kappa shape index (κ3) is 1.51. The van der Waals surface area contributed by atoms with Gasteiger partial charge in [0.15, 0.2) is 11.5 Å². The number of carbonyl (C=O) groups excluding carboxylic acids is 1. The van der Waals surface area contributed by atoms with Crippen LogP contribution < -0.4 is 9.47 Å². The van der Waals surface area contributed by atoms with Gasteiger partial charge in [0, 0.05) is 0 Å². The molecular formula is C10H10O4. The van der Waals surface area contributed by atoms with E-state index in [9.17, 15) is 4.79 Å². The molecule has 0 aliphatic carbocycles. The van der Waals surface area contributed by atoms with Gasteiger partial charge < -0.3 is 14.2 Å². The first-order chi connectivity index (χ1) is 6.81. The van der Waals surface area contributed by atoms with Crippen LogP contribution in [0, 0.1) is 0 Å². The molecule has 0 spiro atoms. The van der Waals surface area contributed by atoms with Gasteiger partial charge in [-0.3, -0.25) is 0 Å². The van der Waals surface area contributed by atoms with E-state index in [4.69, 9.17) is 9.47 Å². The normalized spacial score (nSPS) is 18.8. The summed E-state index contributed by atoms with van der Waals surface area (Å²) in [4.78, 5) is 11.1. The number of fused-ring (bicyclic) bond motifs is 1. The summed E-state index contributed by atoms with van der Waals surface area (Å²) < 4.78 is 15.3. The van der Waals surface area contributed by atoms with E-state index in [1.807, 2.05) is 12.1 Å². The number of rotatable bonds is 1. The summed E-state index contributed by atoms with van der Waals surface area (Å²) in [5.41, 5.74) is 0. The molecule has 1 atom stereocenters. The average Bonchev–Trinajstić information content (AvgIpc) is 2.27. The van der Waals surface area contributed by atoms with Crippen molar-refractivity contribution in [2.45, 2.75) is 6.10 Å². The summed E-state index contributed by atoms with van der Waals surface area (Å²) in [6.07, 6.45) is -0.658. The Labute approximate surface area is 81.4 Å². The van der Waals surface area contributed by atoms with E-state index in [0.29, 0.717) is 11.5 Å². The highest BCUT2D eigenvalue weighted by atomic mass is 16.6. The number of hydrogen-bond donors (Lipinski definition) is 0. The standard InChI is InChI=1S/C10H10O4/c1-12-10(11)9-6-13-7-4-2-3-5-8(7)14-9/h2-5,9H,6H2,1H3/t9-/m0/s1. The van der Waals surface area contributed by atoms with Gasteiger partial charge in [-0.05, 0) is 12.1 Å². The van der Waals surface area contributed by atoms with E-state index in [-0.39, 0.29) is 6.61 Å². The summed E-state index contributed by atoms with van der Waals surface area (Å²) in [6, 6.07) is 7.22. The molecule has 0 saturated carbocycles. The van der Waals surface area contributed by atoms with Crippen molar-refractivity contribution in [3.63, 3.8) is 0 Å². The van der Waals surface area contributed by atoms with Gasteiger partial charge in [-0.15, -0.1) is 0 Å². The zero-order valence-corrected chi connectivity index (χ0v) is 7.73. The van der Waals surface area contributed by atoms with Crippen LogP contribution in [-0.2, 0) is 9.53 Å². The van der Waals surface area contributed by atoms with E-state index >= 15 is 0 Å². The highest BCUT2D eigenvalue weighted by molar-refractivity contribution is 5.75. The monoisotopic (exact) mass is 194 g/mol. The van der Waals surface area contributed by atoms with Crippen molar-refractivity contribution in [1.82, 2.24) is 0 Å². The molecule has 1 aliphatic rings. The lowest BCUT2D eigenvalue weighted by Crippen LogP contribution is -2.37. The van der Waals surface area contributed by atoms with E-state index in [2.05, 4.69) is 4.74 Å². The molecule has 1 heterocycles. The van der Waals surface area contributed by atoms with Crippen LogP contribution in [0.2, 0.25) is 0 Å². The first kappa shape index (κ1) is 8.87. The molecule has 74 valence electrons. The predicted molar refractivity (Wildman–Crippen MR) is 48.4 cm³/mol. The van der Waals surface area contributed by atoms with Gasteiger partial charge >= 0.3 is 5.97 Å². The van der Waals surface area contributed by atoms with E-state index in [0.717, 1.165) is 0 Å². The van der Waals surface area contributed by atoms with Crippen molar-refractivity contribution >= 4 is 5.97 Å². The van der Waals surface area contributed by atoms with Gasteiger partial charge in [0.1, 0.15) is 6.61 Å². The van der Waals surface area contributed by atoms with Gasteiger partial charge in [-0.25, -0.2) is 4.79 Å². The summed E-state index contributed by atoms with van der Waals surface area (Å²) in [5, 5.41) is 0. The zero-order valence-electron chi connectivity index (χ0n) is 7.73. The number of benzene rings is 1. The van der Waals surface area contributed by atoms with Crippen molar-refractivity contribution in [1.29, 1.82) is 0 Å². The quantitative estimate of drug-likeness (QED) is 0.625. The van der Waals surface area contributed by atoms with Gasteiger partial charge in [-0.2, -0.15) is 0 Å². The van der Waals surface area contributed by atoms with Gasteiger partial charge in [0.25, 0.3) is 0 Å². The minimum Gasteiger partial charge on any atom is -0.485 e.